The molecule has 3 rings (SSSR count). The summed E-state index contributed by atoms with van der Waals surface area (Å²) in [5.41, 5.74) is 1.54. The van der Waals surface area contributed by atoms with E-state index < -0.39 is 0 Å². The predicted molar refractivity (Wildman–Crippen MR) is 70.1 cm³/mol. The van der Waals surface area contributed by atoms with Crippen LogP contribution < -0.4 is 10.6 Å². The molecule has 6 nitrogen and oxygen atoms in total. The summed E-state index contributed by atoms with van der Waals surface area (Å²) in [6.45, 7) is 1.48. The van der Waals surface area contributed by atoms with Crippen LogP contribution in [-0.2, 0) is 11.2 Å². The van der Waals surface area contributed by atoms with E-state index in [0.717, 1.165) is 22.4 Å². The highest BCUT2D eigenvalue weighted by atomic mass is 79.9. The maximum atomic E-state index is 11.6. The van der Waals surface area contributed by atoms with Crippen molar-refractivity contribution in [1.29, 1.82) is 0 Å². The molecule has 0 radical (unpaired) electrons. The van der Waals surface area contributed by atoms with Crippen LogP contribution in [0.3, 0.4) is 0 Å². The largest absolute Gasteiger partial charge is 0.353 e. The van der Waals surface area contributed by atoms with E-state index in [4.69, 9.17) is 0 Å². The topological polar surface area (TPSA) is 82.7 Å². The third kappa shape index (κ3) is 2.23. The van der Waals surface area contributed by atoms with E-state index in [1.807, 2.05) is 6.07 Å². The smallest absolute Gasteiger partial charge is 0.237 e. The number of H-pyrrole nitrogens is 1. The molecule has 0 spiro atoms. The van der Waals surface area contributed by atoms with Gasteiger partial charge in [0.05, 0.1) is 11.6 Å². The van der Waals surface area contributed by atoms with E-state index in [1.165, 1.54) is 0 Å². The molecule has 0 aliphatic carbocycles. The Hall–Kier alpha value is -1.47. The summed E-state index contributed by atoms with van der Waals surface area (Å²) >= 11 is 3.36. The molecule has 1 aliphatic rings. The minimum Gasteiger partial charge on any atom is -0.353 e. The number of fused-ring (bicyclic) bond motifs is 1. The summed E-state index contributed by atoms with van der Waals surface area (Å²) < 4.78 is 0.902. The predicted octanol–water partition coefficient (Wildman–Crippen LogP) is 0.351. The van der Waals surface area contributed by atoms with Gasteiger partial charge in [0.15, 0.2) is 5.65 Å². The maximum absolute atomic E-state index is 11.6. The third-order valence-electron chi connectivity index (χ3n) is 2.88. The molecule has 1 saturated heterocycles. The van der Waals surface area contributed by atoms with Crippen molar-refractivity contribution in [1.82, 2.24) is 25.6 Å². The first-order valence-corrected chi connectivity index (χ1v) is 6.53. The maximum Gasteiger partial charge on any atom is 0.237 e. The molecular formula is C11H12BrN5O. The van der Waals surface area contributed by atoms with Crippen molar-refractivity contribution in [2.24, 2.45) is 0 Å². The average Bonchev–Trinajstić information content (AvgIpc) is 2.73. The molecule has 1 atom stereocenters. The first kappa shape index (κ1) is 11.6. The van der Waals surface area contributed by atoms with Crippen LogP contribution in [0.15, 0.2) is 16.7 Å². The molecule has 3 N–H and O–H groups in total. The second-order valence-electron chi connectivity index (χ2n) is 4.21. The summed E-state index contributed by atoms with van der Waals surface area (Å²) in [4.78, 5) is 23.4. The van der Waals surface area contributed by atoms with Gasteiger partial charge < -0.3 is 15.6 Å². The molecule has 1 aliphatic heterocycles. The fourth-order valence-corrected chi connectivity index (χ4v) is 2.36. The summed E-state index contributed by atoms with van der Waals surface area (Å²) in [5.74, 6) is 0.793. The van der Waals surface area contributed by atoms with E-state index in [1.54, 1.807) is 6.20 Å². The lowest BCUT2D eigenvalue weighted by Crippen LogP contribution is -2.53. The van der Waals surface area contributed by atoms with Gasteiger partial charge in [-0.3, -0.25) is 4.79 Å². The molecule has 0 bridgehead atoms. The number of amides is 1. The van der Waals surface area contributed by atoms with Crippen molar-refractivity contribution in [2.75, 3.05) is 13.1 Å². The number of halogens is 1. The lowest BCUT2D eigenvalue weighted by molar-refractivity contribution is -0.124. The molecule has 2 aromatic heterocycles. The van der Waals surface area contributed by atoms with E-state index >= 15 is 0 Å². The Bertz CT molecular complexity index is 596. The third-order valence-corrected chi connectivity index (χ3v) is 3.32. The van der Waals surface area contributed by atoms with Gasteiger partial charge in [0.1, 0.15) is 5.82 Å². The summed E-state index contributed by atoms with van der Waals surface area (Å²) in [5, 5.41) is 6.00. The molecule has 2 aromatic rings. The number of aromatic nitrogens is 3. The van der Waals surface area contributed by atoms with Crippen LogP contribution in [0.2, 0.25) is 0 Å². The fraction of sp³-hybridized carbons (Fsp3) is 0.364. The van der Waals surface area contributed by atoms with Crippen molar-refractivity contribution in [3.05, 3.63) is 22.6 Å². The normalized spacial score (nSPS) is 20.1. The quantitative estimate of drug-likeness (QED) is 0.747. The Morgan fingerprint density at radius 3 is 3.17 bits per heavy atom. The number of hydrogen-bond donors (Lipinski definition) is 3. The van der Waals surface area contributed by atoms with Crippen LogP contribution in [0.5, 0.6) is 0 Å². The number of carbonyl (C=O) groups is 1. The Morgan fingerprint density at radius 1 is 1.44 bits per heavy atom. The van der Waals surface area contributed by atoms with Gasteiger partial charge >= 0.3 is 0 Å². The summed E-state index contributed by atoms with van der Waals surface area (Å²) in [6, 6.07) is 1.70. The van der Waals surface area contributed by atoms with Crippen LogP contribution in [0.25, 0.3) is 11.2 Å². The van der Waals surface area contributed by atoms with Gasteiger partial charge in [-0.2, -0.15) is 0 Å². The zero-order chi connectivity index (χ0) is 12.5. The highest BCUT2D eigenvalue weighted by Crippen LogP contribution is 2.15. The number of carbonyl (C=O) groups excluding carboxylic acids is 1. The monoisotopic (exact) mass is 309 g/mol. The summed E-state index contributed by atoms with van der Waals surface area (Å²) in [6.07, 6.45) is 2.25. The van der Waals surface area contributed by atoms with Gasteiger partial charge in [-0.15, -0.1) is 0 Å². The highest BCUT2D eigenvalue weighted by molar-refractivity contribution is 9.10. The lowest BCUT2D eigenvalue weighted by atomic mass is 10.1. The van der Waals surface area contributed by atoms with Crippen LogP contribution in [0.4, 0.5) is 0 Å². The molecule has 94 valence electrons. The van der Waals surface area contributed by atoms with Crippen molar-refractivity contribution < 1.29 is 4.79 Å². The van der Waals surface area contributed by atoms with Gasteiger partial charge in [-0.25, -0.2) is 9.97 Å². The highest BCUT2D eigenvalue weighted by Gasteiger charge is 2.22. The van der Waals surface area contributed by atoms with Gasteiger partial charge in [0.2, 0.25) is 5.91 Å². The van der Waals surface area contributed by atoms with Crippen LogP contribution in [0.1, 0.15) is 5.82 Å². The van der Waals surface area contributed by atoms with E-state index in [2.05, 4.69) is 41.5 Å². The summed E-state index contributed by atoms with van der Waals surface area (Å²) in [7, 11) is 0. The number of nitrogens with zero attached hydrogens (tertiary/aromatic N) is 2. The standard InChI is InChI=1S/C11H12BrN5O/c12-6-3-7-10(15-5-6)17-9(16-7)4-8-11(18)14-2-1-13-8/h3,5,8,13H,1-2,4H2,(H,14,18)(H,15,16,17). The van der Waals surface area contributed by atoms with E-state index in [-0.39, 0.29) is 11.9 Å². The fourth-order valence-electron chi connectivity index (χ4n) is 2.03. The van der Waals surface area contributed by atoms with Gasteiger partial charge in [-0.1, -0.05) is 0 Å². The number of pyridine rings is 1. The number of aromatic amines is 1. The molecular weight excluding hydrogens is 298 g/mol. The number of hydrogen-bond acceptors (Lipinski definition) is 4. The first-order chi connectivity index (χ1) is 8.72. The molecule has 7 heteroatoms. The van der Waals surface area contributed by atoms with Gasteiger partial charge in [0.25, 0.3) is 0 Å². The van der Waals surface area contributed by atoms with Crippen LogP contribution >= 0.6 is 15.9 Å². The van der Waals surface area contributed by atoms with Crippen LogP contribution in [-0.4, -0.2) is 40.0 Å². The zero-order valence-electron chi connectivity index (χ0n) is 9.53. The molecule has 1 amide bonds. The van der Waals surface area contributed by atoms with Crippen molar-refractivity contribution in [2.45, 2.75) is 12.5 Å². The molecule has 1 unspecified atom stereocenters. The number of rotatable bonds is 2. The van der Waals surface area contributed by atoms with Gasteiger partial charge in [0, 0.05) is 30.2 Å². The Labute approximate surface area is 112 Å². The average molecular weight is 310 g/mol. The number of nitrogens with one attached hydrogen (secondary N) is 3. The van der Waals surface area contributed by atoms with Crippen molar-refractivity contribution >= 4 is 33.0 Å². The SMILES string of the molecule is O=C1NCCNC1Cc1nc2ncc(Br)cc2[nH]1. The molecule has 0 aromatic carbocycles. The lowest BCUT2D eigenvalue weighted by Gasteiger charge is -2.22. The first-order valence-electron chi connectivity index (χ1n) is 5.73. The van der Waals surface area contributed by atoms with Gasteiger partial charge in [-0.05, 0) is 22.0 Å². The second kappa shape index (κ2) is 4.66. The van der Waals surface area contributed by atoms with Crippen molar-refractivity contribution in [3.63, 3.8) is 0 Å². The second-order valence-corrected chi connectivity index (χ2v) is 5.13. The minimum absolute atomic E-state index is 0.0239. The molecule has 0 saturated carbocycles. The Morgan fingerprint density at radius 2 is 2.33 bits per heavy atom. The van der Waals surface area contributed by atoms with E-state index in [9.17, 15) is 4.79 Å². The zero-order valence-corrected chi connectivity index (χ0v) is 11.1. The minimum atomic E-state index is -0.220. The van der Waals surface area contributed by atoms with E-state index in [0.29, 0.717) is 18.6 Å². The molecule has 1 fully saturated rings. The number of imidazole rings is 1. The number of piperazine rings is 1. The Kier molecular flexibility index (Phi) is 3.00. The van der Waals surface area contributed by atoms with Crippen molar-refractivity contribution in [3.8, 4) is 0 Å². The molecule has 3 heterocycles. The molecule has 18 heavy (non-hydrogen) atoms. The van der Waals surface area contributed by atoms with Crippen LogP contribution in [0, 0.1) is 0 Å². The Balaban J connectivity index is 1.84.